The van der Waals surface area contributed by atoms with Crippen molar-refractivity contribution in [3.8, 4) is 5.75 Å². The summed E-state index contributed by atoms with van der Waals surface area (Å²) in [6.45, 7) is 3.70. The standard InChI is InChI=1S/C9H11NO3/c1-6-4-5-8(10(11)12)9(13-3)7(6)2/h4-5H,1-3H3. The highest BCUT2D eigenvalue weighted by atomic mass is 16.6. The van der Waals surface area contributed by atoms with Gasteiger partial charge in [0.05, 0.1) is 12.0 Å². The van der Waals surface area contributed by atoms with Crippen molar-refractivity contribution in [2.75, 3.05) is 7.11 Å². The summed E-state index contributed by atoms with van der Waals surface area (Å²) < 4.78 is 4.98. The highest BCUT2D eigenvalue weighted by molar-refractivity contribution is 5.54. The van der Waals surface area contributed by atoms with Gasteiger partial charge in [0.25, 0.3) is 0 Å². The van der Waals surface area contributed by atoms with Crippen LogP contribution in [-0.4, -0.2) is 12.0 Å². The molecule has 4 heteroatoms. The van der Waals surface area contributed by atoms with Gasteiger partial charge in [0.2, 0.25) is 0 Å². The monoisotopic (exact) mass is 181 g/mol. The zero-order chi connectivity index (χ0) is 10.0. The van der Waals surface area contributed by atoms with Gasteiger partial charge in [0.1, 0.15) is 0 Å². The second-order valence-corrected chi connectivity index (χ2v) is 2.82. The third-order valence-corrected chi connectivity index (χ3v) is 2.06. The number of ether oxygens (including phenoxy) is 1. The first-order chi connectivity index (χ1) is 6.07. The Morgan fingerprint density at radius 3 is 2.46 bits per heavy atom. The van der Waals surface area contributed by atoms with E-state index in [1.54, 1.807) is 13.0 Å². The number of rotatable bonds is 2. The molecule has 0 spiro atoms. The SMILES string of the molecule is COc1c([N+](=O)[O-])ccc(C)c1C. The normalized spacial score (nSPS) is 9.77. The molecule has 0 heterocycles. The van der Waals surface area contributed by atoms with E-state index in [0.717, 1.165) is 11.1 Å². The van der Waals surface area contributed by atoms with E-state index in [1.807, 2.05) is 6.92 Å². The molecule has 0 saturated carbocycles. The maximum atomic E-state index is 10.6. The number of aryl methyl sites for hydroxylation is 1. The smallest absolute Gasteiger partial charge is 0.311 e. The lowest BCUT2D eigenvalue weighted by atomic mass is 10.1. The third-order valence-electron chi connectivity index (χ3n) is 2.06. The van der Waals surface area contributed by atoms with Crippen LogP contribution in [0.2, 0.25) is 0 Å². The fourth-order valence-electron chi connectivity index (χ4n) is 1.18. The Hall–Kier alpha value is -1.58. The predicted octanol–water partition coefficient (Wildman–Crippen LogP) is 2.22. The quantitative estimate of drug-likeness (QED) is 0.519. The van der Waals surface area contributed by atoms with Gasteiger partial charge in [-0.25, -0.2) is 0 Å². The number of hydrogen-bond donors (Lipinski definition) is 0. The van der Waals surface area contributed by atoms with Crippen molar-refractivity contribution >= 4 is 5.69 Å². The minimum atomic E-state index is -0.439. The Labute approximate surface area is 76.3 Å². The molecule has 0 atom stereocenters. The number of benzene rings is 1. The molecular formula is C9H11NO3. The molecule has 0 aliphatic heterocycles. The number of nitro benzene ring substituents is 1. The van der Waals surface area contributed by atoms with Gasteiger partial charge in [0.15, 0.2) is 5.75 Å². The molecule has 0 aliphatic carbocycles. The first kappa shape index (κ1) is 9.51. The summed E-state index contributed by atoms with van der Waals surface area (Å²) >= 11 is 0. The van der Waals surface area contributed by atoms with Crippen molar-refractivity contribution in [2.45, 2.75) is 13.8 Å². The highest BCUT2D eigenvalue weighted by Crippen LogP contribution is 2.31. The van der Waals surface area contributed by atoms with Gasteiger partial charge >= 0.3 is 5.69 Å². The Morgan fingerprint density at radius 2 is 2.00 bits per heavy atom. The first-order valence-electron chi connectivity index (χ1n) is 3.86. The molecule has 0 amide bonds. The molecule has 13 heavy (non-hydrogen) atoms. The van der Waals surface area contributed by atoms with Gasteiger partial charge in [-0.3, -0.25) is 10.1 Å². The molecule has 0 aromatic heterocycles. The topological polar surface area (TPSA) is 52.4 Å². The van der Waals surface area contributed by atoms with Crippen LogP contribution in [0.15, 0.2) is 12.1 Å². The largest absolute Gasteiger partial charge is 0.490 e. The fraction of sp³-hybridized carbons (Fsp3) is 0.333. The van der Waals surface area contributed by atoms with E-state index in [0.29, 0.717) is 5.75 Å². The van der Waals surface area contributed by atoms with Crippen LogP contribution in [0.4, 0.5) is 5.69 Å². The zero-order valence-corrected chi connectivity index (χ0v) is 7.83. The Kier molecular flexibility index (Phi) is 2.51. The highest BCUT2D eigenvalue weighted by Gasteiger charge is 2.17. The number of nitrogens with zero attached hydrogens (tertiary/aromatic N) is 1. The maximum absolute atomic E-state index is 10.6. The molecule has 0 fully saturated rings. The number of nitro groups is 1. The van der Waals surface area contributed by atoms with E-state index >= 15 is 0 Å². The van der Waals surface area contributed by atoms with Crippen LogP contribution < -0.4 is 4.74 Å². The van der Waals surface area contributed by atoms with Crippen LogP contribution in [0.25, 0.3) is 0 Å². The summed E-state index contributed by atoms with van der Waals surface area (Å²) in [4.78, 5) is 10.1. The van der Waals surface area contributed by atoms with E-state index in [1.165, 1.54) is 13.2 Å². The van der Waals surface area contributed by atoms with Gasteiger partial charge in [-0.05, 0) is 19.4 Å². The molecular weight excluding hydrogens is 170 g/mol. The van der Waals surface area contributed by atoms with Crippen LogP contribution in [0, 0.1) is 24.0 Å². The molecule has 0 aliphatic rings. The van der Waals surface area contributed by atoms with Crippen molar-refractivity contribution in [3.63, 3.8) is 0 Å². The minimum absolute atomic E-state index is 0.0191. The third kappa shape index (κ3) is 1.61. The molecule has 0 N–H and O–H groups in total. The average Bonchev–Trinajstić information content (AvgIpc) is 2.09. The predicted molar refractivity (Wildman–Crippen MR) is 49.1 cm³/mol. The van der Waals surface area contributed by atoms with Gasteiger partial charge in [0, 0.05) is 11.6 Å². The zero-order valence-electron chi connectivity index (χ0n) is 7.83. The lowest BCUT2D eigenvalue weighted by molar-refractivity contribution is -0.385. The van der Waals surface area contributed by atoms with E-state index in [4.69, 9.17) is 4.74 Å². The minimum Gasteiger partial charge on any atom is -0.490 e. The molecule has 4 nitrogen and oxygen atoms in total. The average molecular weight is 181 g/mol. The van der Waals surface area contributed by atoms with Gasteiger partial charge in [-0.1, -0.05) is 6.07 Å². The summed E-state index contributed by atoms with van der Waals surface area (Å²) in [5, 5.41) is 10.6. The summed E-state index contributed by atoms with van der Waals surface area (Å²) in [5.41, 5.74) is 1.82. The van der Waals surface area contributed by atoms with Crippen LogP contribution in [0.5, 0.6) is 5.75 Å². The summed E-state index contributed by atoms with van der Waals surface area (Å²) in [6, 6.07) is 3.18. The van der Waals surface area contributed by atoms with Crippen molar-refractivity contribution < 1.29 is 9.66 Å². The number of hydrogen-bond acceptors (Lipinski definition) is 3. The van der Waals surface area contributed by atoms with E-state index in [9.17, 15) is 10.1 Å². The summed E-state index contributed by atoms with van der Waals surface area (Å²) in [7, 11) is 1.44. The van der Waals surface area contributed by atoms with E-state index in [2.05, 4.69) is 0 Å². The van der Waals surface area contributed by atoms with Crippen molar-refractivity contribution in [1.82, 2.24) is 0 Å². The van der Waals surface area contributed by atoms with Crippen LogP contribution in [-0.2, 0) is 0 Å². The molecule has 0 radical (unpaired) electrons. The molecule has 70 valence electrons. The second kappa shape index (κ2) is 3.43. The van der Waals surface area contributed by atoms with Crippen molar-refractivity contribution in [3.05, 3.63) is 33.4 Å². The summed E-state index contributed by atoms with van der Waals surface area (Å²) in [6.07, 6.45) is 0. The molecule has 0 bridgehead atoms. The van der Waals surface area contributed by atoms with E-state index in [-0.39, 0.29) is 5.69 Å². The molecule has 1 rings (SSSR count). The molecule has 1 aromatic carbocycles. The second-order valence-electron chi connectivity index (χ2n) is 2.82. The van der Waals surface area contributed by atoms with Gasteiger partial charge < -0.3 is 4.74 Å². The van der Waals surface area contributed by atoms with Gasteiger partial charge in [-0.15, -0.1) is 0 Å². The number of methoxy groups -OCH3 is 1. The van der Waals surface area contributed by atoms with Crippen LogP contribution >= 0.6 is 0 Å². The van der Waals surface area contributed by atoms with Crippen LogP contribution in [0.3, 0.4) is 0 Å². The molecule has 0 unspecified atom stereocenters. The van der Waals surface area contributed by atoms with Crippen molar-refractivity contribution in [1.29, 1.82) is 0 Å². The molecule has 0 saturated heterocycles. The Bertz CT molecular complexity index is 347. The fourth-order valence-corrected chi connectivity index (χ4v) is 1.18. The Morgan fingerprint density at radius 1 is 1.38 bits per heavy atom. The lowest BCUT2D eigenvalue weighted by Crippen LogP contribution is -1.97. The van der Waals surface area contributed by atoms with Crippen molar-refractivity contribution in [2.24, 2.45) is 0 Å². The van der Waals surface area contributed by atoms with E-state index < -0.39 is 4.92 Å². The first-order valence-corrected chi connectivity index (χ1v) is 3.86. The molecule has 1 aromatic rings. The van der Waals surface area contributed by atoms with Crippen LogP contribution in [0.1, 0.15) is 11.1 Å². The van der Waals surface area contributed by atoms with Gasteiger partial charge in [-0.2, -0.15) is 0 Å². The Balaban J connectivity index is 3.38. The summed E-state index contributed by atoms with van der Waals surface area (Å²) in [5.74, 6) is 0.352. The lowest BCUT2D eigenvalue weighted by Gasteiger charge is -2.06. The maximum Gasteiger partial charge on any atom is 0.311 e.